The molecule has 0 aromatic carbocycles. The van der Waals surface area contributed by atoms with Crippen molar-refractivity contribution in [2.75, 3.05) is 13.2 Å². The van der Waals surface area contributed by atoms with Gasteiger partial charge in [-0.1, -0.05) is 13.8 Å². The highest BCUT2D eigenvalue weighted by Crippen LogP contribution is 2.21. The van der Waals surface area contributed by atoms with E-state index >= 15 is 0 Å². The Morgan fingerprint density at radius 2 is 2.21 bits per heavy atom. The summed E-state index contributed by atoms with van der Waals surface area (Å²) in [6.07, 6.45) is 2.60. The quantitative estimate of drug-likeness (QED) is 0.717. The summed E-state index contributed by atoms with van der Waals surface area (Å²) in [5.41, 5.74) is 5.94. The van der Waals surface area contributed by atoms with Crippen molar-refractivity contribution in [3.05, 3.63) is 0 Å². The first-order chi connectivity index (χ1) is 6.61. The van der Waals surface area contributed by atoms with E-state index in [0.717, 1.165) is 25.9 Å². The predicted octanol–water partition coefficient (Wildman–Crippen LogP) is 1.15. The summed E-state index contributed by atoms with van der Waals surface area (Å²) >= 11 is 0. The largest absolute Gasteiger partial charge is 0.391 e. The zero-order valence-corrected chi connectivity index (χ0v) is 9.28. The number of hydrogen-bond acceptors (Lipinski definition) is 3. The number of ether oxygens (including phenoxy) is 1. The van der Waals surface area contributed by atoms with Gasteiger partial charge in [-0.05, 0) is 25.2 Å². The second-order valence-electron chi connectivity index (χ2n) is 4.76. The van der Waals surface area contributed by atoms with Gasteiger partial charge in [-0.3, -0.25) is 0 Å². The Kier molecular flexibility index (Phi) is 4.85. The van der Waals surface area contributed by atoms with Crippen molar-refractivity contribution in [2.24, 2.45) is 17.6 Å². The molecule has 1 saturated heterocycles. The van der Waals surface area contributed by atoms with Gasteiger partial charge in [-0.25, -0.2) is 0 Å². The summed E-state index contributed by atoms with van der Waals surface area (Å²) in [6.45, 7) is 5.77. The van der Waals surface area contributed by atoms with Crippen LogP contribution in [0.1, 0.15) is 33.1 Å². The van der Waals surface area contributed by atoms with Gasteiger partial charge in [0, 0.05) is 18.6 Å². The third-order valence-electron chi connectivity index (χ3n) is 2.86. The van der Waals surface area contributed by atoms with Gasteiger partial charge in [0.2, 0.25) is 0 Å². The van der Waals surface area contributed by atoms with E-state index in [1.54, 1.807) is 0 Å². The average molecular weight is 201 g/mol. The van der Waals surface area contributed by atoms with Crippen LogP contribution in [0.25, 0.3) is 0 Å². The molecule has 1 heterocycles. The van der Waals surface area contributed by atoms with Crippen LogP contribution in [0.4, 0.5) is 0 Å². The van der Waals surface area contributed by atoms with Crippen LogP contribution in [0.3, 0.4) is 0 Å². The minimum Gasteiger partial charge on any atom is -0.391 e. The van der Waals surface area contributed by atoms with Crippen LogP contribution < -0.4 is 5.73 Å². The molecule has 3 nitrogen and oxygen atoms in total. The maximum Gasteiger partial charge on any atom is 0.0741 e. The molecular weight excluding hydrogens is 178 g/mol. The smallest absolute Gasteiger partial charge is 0.0741 e. The van der Waals surface area contributed by atoms with Gasteiger partial charge in [-0.15, -0.1) is 0 Å². The van der Waals surface area contributed by atoms with Crippen LogP contribution >= 0.6 is 0 Å². The minimum absolute atomic E-state index is 0.0956. The fraction of sp³-hybridized carbons (Fsp3) is 1.00. The third kappa shape index (κ3) is 3.56. The molecule has 3 atom stereocenters. The summed E-state index contributed by atoms with van der Waals surface area (Å²) in [7, 11) is 0. The Hall–Kier alpha value is -0.120. The van der Waals surface area contributed by atoms with Crippen molar-refractivity contribution in [1.29, 1.82) is 0 Å². The first-order valence-electron chi connectivity index (χ1n) is 5.62. The van der Waals surface area contributed by atoms with Crippen LogP contribution in [0, 0.1) is 11.8 Å². The lowest BCUT2D eigenvalue weighted by Crippen LogP contribution is -2.43. The second kappa shape index (κ2) is 5.69. The van der Waals surface area contributed by atoms with Gasteiger partial charge >= 0.3 is 0 Å². The molecule has 84 valence electrons. The fourth-order valence-corrected chi connectivity index (χ4v) is 2.07. The standard InChI is InChI=1S/C11H23NO2/c1-8(2)6-10(12)11(13)9-4-3-5-14-7-9/h8-11,13H,3-7,12H2,1-2H3. The van der Waals surface area contributed by atoms with E-state index < -0.39 is 6.10 Å². The average Bonchev–Trinajstić information content (AvgIpc) is 2.17. The van der Waals surface area contributed by atoms with Crippen LogP contribution in [0.15, 0.2) is 0 Å². The van der Waals surface area contributed by atoms with E-state index in [-0.39, 0.29) is 12.0 Å². The van der Waals surface area contributed by atoms with E-state index in [1.165, 1.54) is 0 Å². The molecule has 0 aliphatic carbocycles. The van der Waals surface area contributed by atoms with Gasteiger partial charge in [0.15, 0.2) is 0 Å². The summed E-state index contributed by atoms with van der Waals surface area (Å²) < 4.78 is 5.34. The van der Waals surface area contributed by atoms with Crippen molar-refractivity contribution in [3.63, 3.8) is 0 Å². The van der Waals surface area contributed by atoms with Gasteiger partial charge < -0.3 is 15.6 Å². The monoisotopic (exact) mass is 201 g/mol. The third-order valence-corrected chi connectivity index (χ3v) is 2.86. The first-order valence-corrected chi connectivity index (χ1v) is 5.62. The maximum atomic E-state index is 9.99. The number of rotatable bonds is 4. The highest BCUT2D eigenvalue weighted by Gasteiger charge is 2.27. The molecule has 0 aromatic heterocycles. The molecule has 1 fully saturated rings. The zero-order valence-electron chi connectivity index (χ0n) is 9.28. The molecule has 3 heteroatoms. The fourth-order valence-electron chi connectivity index (χ4n) is 2.07. The number of nitrogens with two attached hydrogens (primary N) is 1. The molecule has 0 bridgehead atoms. The highest BCUT2D eigenvalue weighted by molar-refractivity contribution is 4.81. The van der Waals surface area contributed by atoms with E-state index in [1.807, 2.05) is 0 Å². The minimum atomic E-state index is -0.391. The van der Waals surface area contributed by atoms with E-state index in [0.29, 0.717) is 12.5 Å². The molecule has 1 rings (SSSR count). The lowest BCUT2D eigenvalue weighted by Gasteiger charge is -2.31. The van der Waals surface area contributed by atoms with Crippen molar-refractivity contribution >= 4 is 0 Å². The van der Waals surface area contributed by atoms with Crippen LogP contribution in [0.5, 0.6) is 0 Å². The Labute approximate surface area is 86.6 Å². The molecule has 0 spiro atoms. The van der Waals surface area contributed by atoms with E-state index in [9.17, 15) is 5.11 Å². The van der Waals surface area contributed by atoms with Crippen molar-refractivity contribution in [3.8, 4) is 0 Å². The number of hydrogen-bond donors (Lipinski definition) is 2. The van der Waals surface area contributed by atoms with E-state index in [2.05, 4.69) is 13.8 Å². The molecule has 0 radical (unpaired) electrons. The molecule has 3 unspecified atom stereocenters. The van der Waals surface area contributed by atoms with Crippen molar-refractivity contribution < 1.29 is 9.84 Å². The zero-order chi connectivity index (χ0) is 10.6. The Morgan fingerprint density at radius 3 is 2.71 bits per heavy atom. The van der Waals surface area contributed by atoms with Crippen LogP contribution in [-0.4, -0.2) is 30.5 Å². The van der Waals surface area contributed by atoms with E-state index in [4.69, 9.17) is 10.5 Å². The molecular formula is C11H23NO2. The van der Waals surface area contributed by atoms with Gasteiger partial charge in [0.05, 0.1) is 12.7 Å². The van der Waals surface area contributed by atoms with Crippen LogP contribution in [-0.2, 0) is 4.74 Å². The molecule has 0 saturated carbocycles. The van der Waals surface area contributed by atoms with Gasteiger partial charge in [0.25, 0.3) is 0 Å². The van der Waals surface area contributed by atoms with Crippen molar-refractivity contribution in [2.45, 2.75) is 45.3 Å². The predicted molar refractivity (Wildman–Crippen MR) is 57.0 cm³/mol. The molecule has 3 N–H and O–H groups in total. The van der Waals surface area contributed by atoms with Gasteiger partial charge in [-0.2, -0.15) is 0 Å². The molecule has 0 aromatic rings. The summed E-state index contributed by atoms with van der Waals surface area (Å²) in [5, 5.41) is 9.99. The van der Waals surface area contributed by atoms with Gasteiger partial charge in [0.1, 0.15) is 0 Å². The summed E-state index contributed by atoms with van der Waals surface area (Å²) in [6, 6.07) is -0.0956. The normalized spacial score (nSPS) is 27.6. The SMILES string of the molecule is CC(C)CC(N)C(O)C1CCCOC1. The summed E-state index contributed by atoms with van der Waals surface area (Å²) in [5.74, 6) is 0.793. The topological polar surface area (TPSA) is 55.5 Å². The van der Waals surface area contributed by atoms with Crippen LogP contribution in [0.2, 0.25) is 0 Å². The Bertz CT molecular complexity index is 155. The maximum absolute atomic E-state index is 9.99. The highest BCUT2D eigenvalue weighted by atomic mass is 16.5. The molecule has 0 amide bonds. The first kappa shape index (κ1) is 12.0. The second-order valence-corrected chi connectivity index (χ2v) is 4.76. The molecule has 14 heavy (non-hydrogen) atoms. The summed E-state index contributed by atoms with van der Waals surface area (Å²) in [4.78, 5) is 0. The Morgan fingerprint density at radius 1 is 1.50 bits per heavy atom. The molecule has 1 aliphatic heterocycles. The molecule has 1 aliphatic rings. The van der Waals surface area contributed by atoms with Crippen molar-refractivity contribution in [1.82, 2.24) is 0 Å². The Balaban J connectivity index is 2.33. The lowest BCUT2D eigenvalue weighted by molar-refractivity contribution is -0.0207. The number of aliphatic hydroxyl groups excluding tert-OH is 1. The number of aliphatic hydroxyl groups is 1. The lowest BCUT2D eigenvalue weighted by atomic mass is 9.88.